The molecule has 3 nitrogen and oxygen atoms in total. The number of aromatic nitrogens is 3. The van der Waals surface area contributed by atoms with Crippen molar-refractivity contribution in [3.05, 3.63) is 23.2 Å². The van der Waals surface area contributed by atoms with Crippen LogP contribution in [0.25, 0.3) is 11.0 Å². The molecule has 0 saturated heterocycles. The van der Waals surface area contributed by atoms with Crippen LogP contribution in [0.1, 0.15) is 19.4 Å². The van der Waals surface area contributed by atoms with Crippen LogP contribution in [0.3, 0.4) is 0 Å². The fourth-order valence-electron chi connectivity index (χ4n) is 1.97. The average molecular weight is 205 g/mol. The molecular formula is C10H11N3S. The quantitative estimate of drug-likeness (QED) is 0.726. The van der Waals surface area contributed by atoms with Crippen LogP contribution in [0, 0.1) is 10.7 Å². The molecule has 1 fully saturated rings. The molecule has 0 aromatic carbocycles. The second-order valence-electron chi connectivity index (χ2n) is 3.97. The van der Waals surface area contributed by atoms with Gasteiger partial charge < -0.3 is 9.55 Å². The lowest BCUT2D eigenvalue weighted by Crippen LogP contribution is -1.94. The standard InChI is InChI=1S/C10H11N3S/c1-6-4-9(6)13-8-2-3-11-5-7(8)12-10(13)14/h2-3,5-6,9H,4H2,1H3,(H,12,14). The highest BCUT2D eigenvalue weighted by Crippen LogP contribution is 2.44. The maximum Gasteiger partial charge on any atom is 0.178 e. The highest BCUT2D eigenvalue weighted by Gasteiger charge is 2.35. The van der Waals surface area contributed by atoms with E-state index in [2.05, 4.69) is 21.5 Å². The van der Waals surface area contributed by atoms with Crippen LogP contribution >= 0.6 is 12.2 Å². The summed E-state index contributed by atoms with van der Waals surface area (Å²) in [6, 6.07) is 2.62. The van der Waals surface area contributed by atoms with Gasteiger partial charge in [0.2, 0.25) is 0 Å². The summed E-state index contributed by atoms with van der Waals surface area (Å²) in [6.45, 7) is 2.26. The molecule has 0 amide bonds. The van der Waals surface area contributed by atoms with E-state index in [0.29, 0.717) is 6.04 Å². The average Bonchev–Trinajstić information content (AvgIpc) is 2.78. The Morgan fingerprint density at radius 1 is 1.64 bits per heavy atom. The largest absolute Gasteiger partial charge is 0.329 e. The molecule has 2 heterocycles. The third-order valence-corrected chi connectivity index (χ3v) is 3.22. The zero-order valence-corrected chi connectivity index (χ0v) is 8.71. The van der Waals surface area contributed by atoms with E-state index in [-0.39, 0.29) is 0 Å². The highest BCUT2D eigenvalue weighted by molar-refractivity contribution is 7.71. The zero-order chi connectivity index (χ0) is 9.71. The molecule has 2 aromatic heterocycles. The fraction of sp³-hybridized carbons (Fsp3) is 0.400. The fourth-order valence-corrected chi connectivity index (χ4v) is 2.31. The molecule has 0 aliphatic heterocycles. The van der Waals surface area contributed by atoms with Crippen LogP contribution in [-0.2, 0) is 0 Å². The third kappa shape index (κ3) is 1.04. The van der Waals surface area contributed by atoms with Gasteiger partial charge >= 0.3 is 0 Å². The Labute approximate surface area is 86.8 Å². The van der Waals surface area contributed by atoms with E-state index >= 15 is 0 Å². The number of H-pyrrole nitrogens is 1. The molecule has 2 unspecified atom stereocenters. The summed E-state index contributed by atoms with van der Waals surface area (Å²) in [5.41, 5.74) is 2.22. The second-order valence-corrected chi connectivity index (χ2v) is 4.36. The number of rotatable bonds is 1. The van der Waals surface area contributed by atoms with E-state index in [1.165, 1.54) is 11.9 Å². The predicted octanol–water partition coefficient (Wildman–Crippen LogP) is 2.67. The van der Waals surface area contributed by atoms with Crippen molar-refractivity contribution in [2.24, 2.45) is 5.92 Å². The summed E-state index contributed by atoms with van der Waals surface area (Å²) in [6.07, 6.45) is 4.88. The molecule has 72 valence electrons. The Morgan fingerprint density at radius 2 is 2.43 bits per heavy atom. The number of nitrogens with one attached hydrogen (secondary N) is 1. The molecule has 0 radical (unpaired) electrons. The first-order valence-electron chi connectivity index (χ1n) is 4.81. The molecule has 0 spiro atoms. The van der Waals surface area contributed by atoms with Gasteiger partial charge in [0, 0.05) is 12.2 Å². The first-order chi connectivity index (χ1) is 6.77. The first-order valence-corrected chi connectivity index (χ1v) is 5.22. The second kappa shape index (κ2) is 2.67. The van der Waals surface area contributed by atoms with Crippen molar-refractivity contribution in [2.75, 3.05) is 0 Å². The van der Waals surface area contributed by atoms with Gasteiger partial charge in [-0.1, -0.05) is 6.92 Å². The van der Waals surface area contributed by atoms with Crippen molar-refractivity contribution < 1.29 is 0 Å². The summed E-state index contributed by atoms with van der Waals surface area (Å²) in [5.74, 6) is 0.758. The minimum absolute atomic E-state index is 0.596. The number of fused-ring (bicyclic) bond motifs is 1. The first kappa shape index (κ1) is 8.17. The van der Waals surface area contributed by atoms with Crippen LogP contribution in [0.15, 0.2) is 18.5 Å². The Kier molecular flexibility index (Phi) is 1.56. The number of hydrogen-bond acceptors (Lipinski definition) is 2. The van der Waals surface area contributed by atoms with E-state index in [9.17, 15) is 0 Å². The highest BCUT2D eigenvalue weighted by atomic mass is 32.1. The minimum atomic E-state index is 0.596. The maximum atomic E-state index is 5.30. The SMILES string of the molecule is CC1CC1n1c(=S)[nH]c2cnccc21. The van der Waals surface area contributed by atoms with Gasteiger partial charge in [-0.25, -0.2) is 0 Å². The predicted molar refractivity (Wildman–Crippen MR) is 57.7 cm³/mol. The van der Waals surface area contributed by atoms with Gasteiger partial charge in [0.05, 0.1) is 17.2 Å². The van der Waals surface area contributed by atoms with Gasteiger partial charge in [-0.2, -0.15) is 0 Å². The van der Waals surface area contributed by atoms with Gasteiger partial charge in [0.25, 0.3) is 0 Å². The molecule has 0 bridgehead atoms. The lowest BCUT2D eigenvalue weighted by molar-refractivity contribution is 0.695. The van der Waals surface area contributed by atoms with Gasteiger partial charge in [0.15, 0.2) is 4.77 Å². The molecule has 4 heteroatoms. The van der Waals surface area contributed by atoms with Gasteiger partial charge in [-0.05, 0) is 30.6 Å². The smallest absolute Gasteiger partial charge is 0.178 e. The minimum Gasteiger partial charge on any atom is -0.329 e. The molecule has 2 atom stereocenters. The Balaban J connectivity index is 2.31. The van der Waals surface area contributed by atoms with E-state index in [0.717, 1.165) is 16.2 Å². The number of nitrogens with zero attached hydrogens (tertiary/aromatic N) is 2. The Morgan fingerprint density at radius 3 is 3.14 bits per heavy atom. The van der Waals surface area contributed by atoms with E-state index < -0.39 is 0 Å². The molecule has 3 rings (SSSR count). The van der Waals surface area contributed by atoms with Crippen LogP contribution < -0.4 is 0 Å². The van der Waals surface area contributed by atoms with Gasteiger partial charge in [-0.3, -0.25) is 4.98 Å². The molecule has 14 heavy (non-hydrogen) atoms. The van der Waals surface area contributed by atoms with Crippen LogP contribution in [0.5, 0.6) is 0 Å². The van der Waals surface area contributed by atoms with Crippen molar-refractivity contribution in [1.29, 1.82) is 0 Å². The Hall–Kier alpha value is -1.16. The maximum absolute atomic E-state index is 5.30. The van der Waals surface area contributed by atoms with E-state index in [1.54, 1.807) is 0 Å². The van der Waals surface area contributed by atoms with Crippen LogP contribution in [-0.4, -0.2) is 14.5 Å². The van der Waals surface area contributed by atoms with Crippen LogP contribution in [0.4, 0.5) is 0 Å². The van der Waals surface area contributed by atoms with Crippen molar-refractivity contribution in [1.82, 2.24) is 14.5 Å². The lowest BCUT2D eigenvalue weighted by atomic mass is 10.4. The Bertz CT molecular complexity index is 540. The zero-order valence-electron chi connectivity index (χ0n) is 7.90. The van der Waals surface area contributed by atoms with Gasteiger partial charge in [-0.15, -0.1) is 0 Å². The van der Waals surface area contributed by atoms with Crippen molar-refractivity contribution >= 4 is 23.3 Å². The molecule has 2 aromatic rings. The van der Waals surface area contributed by atoms with Crippen molar-refractivity contribution in [3.8, 4) is 0 Å². The molecular weight excluding hydrogens is 194 g/mol. The summed E-state index contributed by atoms with van der Waals surface area (Å²) in [7, 11) is 0. The monoisotopic (exact) mass is 205 g/mol. The molecule has 1 aliphatic carbocycles. The summed E-state index contributed by atoms with van der Waals surface area (Å²) in [5, 5.41) is 0. The topological polar surface area (TPSA) is 33.6 Å². The molecule has 1 N–H and O–H groups in total. The number of aromatic amines is 1. The lowest BCUT2D eigenvalue weighted by Gasteiger charge is -2.00. The summed E-state index contributed by atoms with van der Waals surface area (Å²) < 4.78 is 3.04. The number of imidazole rings is 1. The van der Waals surface area contributed by atoms with Gasteiger partial charge in [0.1, 0.15) is 0 Å². The van der Waals surface area contributed by atoms with Crippen LogP contribution in [0.2, 0.25) is 0 Å². The number of hydrogen-bond donors (Lipinski definition) is 1. The molecule has 1 saturated carbocycles. The van der Waals surface area contributed by atoms with E-state index in [4.69, 9.17) is 12.2 Å². The third-order valence-electron chi connectivity index (χ3n) is 2.92. The van der Waals surface area contributed by atoms with Crippen molar-refractivity contribution in [3.63, 3.8) is 0 Å². The number of pyridine rings is 1. The summed E-state index contributed by atoms with van der Waals surface area (Å²) in [4.78, 5) is 7.26. The molecule has 1 aliphatic rings. The summed E-state index contributed by atoms with van der Waals surface area (Å²) >= 11 is 5.30. The van der Waals surface area contributed by atoms with Crippen molar-refractivity contribution in [2.45, 2.75) is 19.4 Å². The van der Waals surface area contributed by atoms with E-state index in [1.807, 2.05) is 18.5 Å². The normalized spacial score (nSPS) is 25.5.